The molecule has 1 aromatic carbocycles. The number of fused-ring (bicyclic) bond motifs is 1. The van der Waals surface area contributed by atoms with Crippen LogP contribution >= 0.6 is 11.3 Å². The first-order valence-electron chi connectivity index (χ1n) is 6.02. The Morgan fingerprint density at radius 3 is 2.68 bits per heavy atom. The second kappa shape index (κ2) is 5.05. The molecule has 0 atom stereocenters. The Morgan fingerprint density at radius 2 is 2.00 bits per heavy atom. The number of benzene rings is 1. The summed E-state index contributed by atoms with van der Waals surface area (Å²) in [4.78, 5) is 12.5. The molecule has 3 aromatic rings. The summed E-state index contributed by atoms with van der Waals surface area (Å²) >= 11 is 0.944. The number of anilines is 1. The van der Waals surface area contributed by atoms with Gasteiger partial charge in [-0.05, 0) is 19.1 Å². The van der Waals surface area contributed by atoms with Gasteiger partial charge >= 0.3 is 6.18 Å². The van der Waals surface area contributed by atoms with E-state index in [0.29, 0.717) is 10.8 Å². The van der Waals surface area contributed by atoms with Gasteiger partial charge in [0.1, 0.15) is 0 Å². The van der Waals surface area contributed by atoms with Gasteiger partial charge in [-0.25, -0.2) is 0 Å². The number of carbonyl (C=O) groups is 1. The van der Waals surface area contributed by atoms with E-state index in [1.54, 1.807) is 6.92 Å². The number of aryl methyl sites for hydroxylation is 1. The minimum atomic E-state index is -4.55. The molecule has 0 unspecified atom stereocenters. The standard InChI is InChI=1S/C12H8F3N5OS/c1-6-17-18-11-20(6)19-10(22-11)9(21)16-8-5-3-2-4-7(8)12(13,14)15/h2-5H,1H3,(H,16,21). The van der Waals surface area contributed by atoms with Crippen LogP contribution in [0.2, 0.25) is 0 Å². The molecule has 1 N–H and O–H groups in total. The molecule has 0 saturated heterocycles. The predicted octanol–water partition coefficient (Wildman–Crippen LogP) is 2.77. The minimum Gasteiger partial charge on any atom is -0.319 e. The lowest BCUT2D eigenvalue weighted by Crippen LogP contribution is -2.16. The highest BCUT2D eigenvalue weighted by molar-refractivity contribution is 7.18. The van der Waals surface area contributed by atoms with Crippen LogP contribution in [-0.4, -0.2) is 25.7 Å². The Labute approximate surface area is 125 Å². The van der Waals surface area contributed by atoms with Gasteiger partial charge in [0.05, 0.1) is 11.3 Å². The zero-order valence-corrected chi connectivity index (χ0v) is 11.9. The maximum atomic E-state index is 12.9. The normalized spacial score (nSPS) is 11.8. The van der Waals surface area contributed by atoms with Crippen molar-refractivity contribution in [2.45, 2.75) is 13.1 Å². The van der Waals surface area contributed by atoms with E-state index in [1.165, 1.54) is 22.7 Å². The monoisotopic (exact) mass is 327 g/mol. The first-order valence-corrected chi connectivity index (χ1v) is 6.84. The van der Waals surface area contributed by atoms with Crippen molar-refractivity contribution >= 4 is 27.9 Å². The van der Waals surface area contributed by atoms with Crippen molar-refractivity contribution in [3.63, 3.8) is 0 Å². The van der Waals surface area contributed by atoms with E-state index in [0.717, 1.165) is 17.4 Å². The van der Waals surface area contributed by atoms with Crippen LogP contribution in [0.1, 0.15) is 21.2 Å². The molecule has 3 rings (SSSR count). The Balaban J connectivity index is 1.91. The van der Waals surface area contributed by atoms with Gasteiger partial charge in [0.25, 0.3) is 5.91 Å². The highest BCUT2D eigenvalue weighted by Gasteiger charge is 2.33. The molecule has 0 bridgehead atoms. The van der Waals surface area contributed by atoms with Crippen LogP contribution in [0.4, 0.5) is 18.9 Å². The van der Waals surface area contributed by atoms with Crippen LogP contribution in [0.25, 0.3) is 4.96 Å². The van der Waals surface area contributed by atoms with Crippen LogP contribution in [0, 0.1) is 6.92 Å². The number of hydrogen-bond donors (Lipinski definition) is 1. The SMILES string of the molecule is Cc1nnc2sc(C(=O)Nc3ccccc3C(F)(F)F)nn12. The molecular weight excluding hydrogens is 319 g/mol. The van der Waals surface area contributed by atoms with Gasteiger partial charge in [-0.3, -0.25) is 4.79 Å². The van der Waals surface area contributed by atoms with Crippen molar-refractivity contribution in [3.8, 4) is 0 Å². The third-order valence-corrected chi connectivity index (χ3v) is 3.72. The number of amides is 1. The average Bonchev–Trinajstić information content (AvgIpc) is 3.01. The van der Waals surface area contributed by atoms with Crippen molar-refractivity contribution in [1.82, 2.24) is 19.8 Å². The fourth-order valence-corrected chi connectivity index (χ4v) is 2.60. The predicted molar refractivity (Wildman–Crippen MR) is 72.8 cm³/mol. The molecule has 0 aliphatic heterocycles. The number of alkyl halides is 3. The molecule has 2 heterocycles. The lowest BCUT2D eigenvalue weighted by Gasteiger charge is -2.12. The van der Waals surface area contributed by atoms with E-state index >= 15 is 0 Å². The number of rotatable bonds is 2. The summed E-state index contributed by atoms with van der Waals surface area (Å²) in [5.41, 5.74) is -1.23. The van der Waals surface area contributed by atoms with Crippen LogP contribution in [0.3, 0.4) is 0 Å². The third-order valence-electron chi connectivity index (χ3n) is 2.82. The summed E-state index contributed by atoms with van der Waals surface area (Å²) in [6, 6.07) is 4.75. The van der Waals surface area contributed by atoms with E-state index in [4.69, 9.17) is 0 Å². The number of para-hydroxylation sites is 1. The molecule has 0 spiro atoms. The van der Waals surface area contributed by atoms with Gasteiger partial charge in [-0.2, -0.15) is 17.7 Å². The minimum absolute atomic E-state index is 0.00461. The maximum absolute atomic E-state index is 12.9. The number of aromatic nitrogens is 4. The highest BCUT2D eigenvalue weighted by atomic mass is 32.1. The van der Waals surface area contributed by atoms with Crippen molar-refractivity contribution in [2.75, 3.05) is 5.32 Å². The van der Waals surface area contributed by atoms with E-state index in [2.05, 4.69) is 20.6 Å². The average molecular weight is 327 g/mol. The second-order valence-corrected chi connectivity index (χ2v) is 5.30. The van der Waals surface area contributed by atoms with E-state index < -0.39 is 17.6 Å². The maximum Gasteiger partial charge on any atom is 0.418 e. The number of halogens is 3. The van der Waals surface area contributed by atoms with Crippen LogP contribution < -0.4 is 5.32 Å². The molecular formula is C12H8F3N5OS. The zero-order chi connectivity index (χ0) is 15.9. The lowest BCUT2D eigenvalue weighted by molar-refractivity contribution is -0.136. The molecule has 0 saturated carbocycles. The van der Waals surface area contributed by atoms with Gasteiger partial charge in [0.15, 0.2) is 5.82 Å². The first kappa shape index (κ1) is 14.4. The lowest BCUT2D eigenvalue weighted by atomic mass is 10.1. The Bertz CT molecular complexity index is 854. The number of nitrogens with one attached hydrogen (secondary N) is 1. The molecule has 0 radical (unpaired) electrons. The molecule has 0 aliphatic rings. The summed E-state index contributed by atoms with van der Waals surface area (Å²) in [5.74, 6) is -0.243. The molecule has 0 fully saturated rings. The van der Waals surface area contributed by atoms with Gasteiger partial charge in [-0.15, -0.1) is 15.3 Å². The fourth-order valence-electron chi connectivity index (χ4n) is 1.82. The molecule has 114 valence electrons. The van der Waals surface area contributed by atoms with Crippen molar-refractivity contribution < 1.29 is 18.0 Å². The molecule has 1 amide bonds. The molecule has 2 aromatic heterocycles. The quantitative estimate of drug-likeness (QED) is 0.785. The summed E-state index contributed by atoms with van der Waals surface area (Å²) in [6.45, 7) is 1.65. The number of hydrogen-bond acceptors (Lipinski definition) is 5. The van der Waals surface area contributed by atoms with Gasteiger partial charge in [0, 0.05) is 0 Å². The zero-order valence-electron chi connectivity index (χ0n) is 11.0. The molecule has 22 heavy (non-hydrogen) atoms. The van der Waals surface area contributed by atoms with Crippen LogP contribution in [0.5, 0.6) is 0 Å². The van der Waals surface area contributed by atoms with Gasteiger partial charge in [0.2, 0.25) is 9.97 Å². The smallest absolute Gasteiger partial charge is 0.319 e. The largest absolute Gasteiger partial charge is 0.418 e. The fraction of sp³-hybridized carbons (Fsp3) is 0.167. The second-order valence-electron chi connectivity index (χ2n) is 4.35. The van der Waals surface area contributed by atoms with Crippen LogP contribution in [0.15, 0.2) is 24.3 Å². The van der Waals surface area contributed by atoms with E-state index in [9.17, 15) is 18.0 Å². The Hall–Kier alpha value is -2.49. The summed E-state index contributed by atoms with van der Waals surface area (Å²) in [7, 11) is 0. The topological polar surface area (TPSA) is 72.2 Å². The number of carbonyl (C=O) groups excluding carboxylic acids is 1. The van der Waals surface area contributed by atoms with Gasteiger partial charge in [-0.1, -0.05) is 23.5 Å². The first-order chi connectivity index (χ1) is 10.4. The Morgan fingerprint density at radius 1 is 1.27 bits per heavy atom. The highest BCUT2D eigenvalue weighted by Crippen LogP contribution is 2.34. The van der Waals surface area contributed by atoms with Crippen LogP contribution in [-0.2, 0) is 6.18 Å². The van der Waals surface area contributed by atoms with E-state index in [1.807, 2.05) is 0 Å². The number of nitrogens with zero attached hydrogens (tertiary/aromatic N) is 4. The molecule has 6 nitrogen and oxygen atoms in total. The third kappa shape index (κ3) is 2.52. The summed E-state index contributed by atoms with van der Waals surface area (Å²) in [6.07, 6.45) is -4.55. The van der Waals surface area contributed by atoms with Crippen molar-refractivity contribution in [3.05, 3.63) is 40.7 Å². The molecule has 0 aliphatic carbocycles. The molecule has 10 heteroatoms. The van der Waals surface area contributed by atoms with Crippen molar-refractivity contribution in [2.24, 2.45) is 0 Å². The van der Waals surface area contributed by atoms with E-state index in [-0.39, 0.29) is 10.7 Å². The Kier molecular flexibility index (Phi) is 3.32. The van der Waals surface area contributed by atoms with Crippen molar-refractivity contribution in [1.29, 1.82) is 0 Å². The summed E-state index contributed by atoms with van der Waals surface area (Å²) in [5, 5.41) is 13.8. The van der Waals surface area contributed by atoms with Gasteiger partial charge < -0.3 is 5.32 Å². The summed E-state index contributed by atoms with van der Waals surface area (Å²) < 4.78 is 40.0.